The number of carboxylic acid groups (broad SMARTS) is 1. The summed E-state index contributed by atoms with van der Waals surface area (Å²) in [5, 5.41) is 14.0. The van der Waals surface area contributed by atoms with E-state index in [1.54, 1.807) is 6.07 Å². The molecule has 1 heterocycles. The van der Waals surface area contributed by atoms with Gasteiger partial charge in [-0.3, -0.25) is 4.84 Å². The van der Waals surface area contributed by atoms with Gasteiger partial charge in [0.1, 0.15) is 0 Å². The van der Waals surface area contributed by atoms with Crippen molar-refractivity contribution in [3.8, 4) is 0 Å². The number of rotatable bonds is 5. The predicted octanol–water partition coefficient (Wildman–Crippen LogP) is -0.510. The number of urea groups is 1. The number of amides is 2. The highest BCUT2D eigenvalue weighted by Crippen LogP contribution is 1.94. The Kier molecular flexibility index (Phi) is 4.10. The van der Waals surface area contributed by atoms with E-state index >= 15 is 0 Å². The molecule has 2 amide bonds. The van der Waals surface area contributed by atoms with E-state index in [2.05, 4.69) is 15.3 Å². The van der Waals surface area contributed by atoms with Gasteiger partial charge in [-0.15, -0.1) is 0 Å². The summed E-state index contributed by atoms with van der Waals surface area (Å²) in [6, 6.07) is 0.922. The molecule has 0 aliphatic heterocycles. The maximum atomic E-state index is 10.9. The van der Waals surface area contributed by atoms with Crippen LogP contribution in [0.15, 0.2) is 16.8 Å². The summed E-state index contributed by atoms with van der Waals surface area (Å²) in [4.78, 5) is 25.2. The third-order valence-corrected chi connectivity index (χ3v) is 1.27. The molecular formula is C7H9N3O5. The smallest absolute Gasteiger partial charge is 0.339 e. The number of hydroxylamine groups is 1. The van der Waals surface area contributed by atoms with Crippen LogP contribution in [-0.4, -0.2) is 28.9 Å². The lowest BCUT2D eigenvalue weighted by Gasteiger charge is -2.04. The summed E-state index contributed by atoms with van der Waals surface area (Å²) in [6.45, 7) is -0.460. The van der Waals surface area contributed by atoms with Gasteiger partial charge in [-0.25, -0.2) is 15.1 Å². The minimum Gasteiger partial charge on any atom is -0.479 e. The van der Waals surface area contributed by atoms with Crippen LogP contribution in [0.3, 0.4) is 0 Å². The monoisotopic (exact) mass is 215 g/mol. The molecule has 82 valence electrons. The number of nitrogens with one attached hydrogen (secondary N) is 2. The van der Waals surface area contributed by atoms with Gasteiger partial charge in [0.2, 0.25) is 0 Å². The highest BCUT2D eigenvalue weighted by Gasteiger charge is 2.03. The van der Waals surface area contributed by atoms with Gasteiger partial charge in [-0.2, -0.15) is 0 Å². The fourth-order valence-electron chi connectivity index (χ4n) is 0.700. The average molecular weight is 215 g/mol. The van der Waals surface area contributed by atoms with Gasteiger partial charge in [0.25, 0.3) is 0 Å². The maximum absolute atomic E-state index is 10.9. The van der Waals surface area contributed by atoms with E-state index in [0.29, 0.717) is 5.76 Å². The van der Waals surface area contributed by atoms with Gasteiger partial charge >= 0.3 is 12.0 Å². The van der Waals surface area contributed by atoms with Gasteiger partial charge in [0, 0.05) is 6.07 Å². The molecule has 0 saturated carbocycles. The molecular weight excluding hydrogens is 206 g/mol. The van der Waals surface area contributed by atoms with E-state index in [1.807, 2.05) is 5.48 Å². The van der Waals surface area contributed by atoms with Crippen molar-refractivity contribution in [3.63, 3.8) is 0 Å². The van der Waals surface area contributed by atoms with Crippen LogP contribution in [0.5, 0.6) is 0 Å². The first-order chi connectivity index (χ1) is 7.18. The third kappa shape index (κ3) is 4.62. The van der Waals surface area contributed by atoms with Crippen molar-refractivity contribution in [2.24, 2.45) is 0 Å². The first-order valence-electron chi connectivity index (χ1n) is 3.95. The molecule has 0 atom stereocenters. The zero-order valence-corrected chi connectivity index (χ0v) is 7.60. The molecule has 1 aromatic heterocycles. The van der Waals surface area contributed by atoms with Crippen LogP contribution in [0.4, 0.5) is 4.79 Å². The summed E-state index contributed by atoms with van der Waals surface area (Å²) in [6.07, 6.45) is 1.44. The average Bonchev–Trinajstić information content (AvgIpc) is 2.66. The fraction of sp³-hybridized carbons (Fsp3) is 0.286. The SMILES string of the molecule is O=C(O)CONC(=O)NCc1ccno1. The Morgan fingerprint density at radius 2 is 2.40 bits per heavy atom. The second kappa shape index (κ2) is 5.60. The van der Waals surface area contributed by atoms with Crippen molar-refractivity contribution in [3.05, 3.63) is 18.0 Å². The van der Waals surface area contributed by atoms with Crippen LogP contribution in [-0.2, 0) is 16.2 Å². The molecule has 0 spiro atoms. The molecule has 0 fully saturated rings. The second-order valence-electron chi connectivity index (χ2n) is 2.45. The van der Waals surface area contributed by atoms with Crippen molar-refractivity contribution in [1.82, 2.24) is 16.0 Å². The standard InChI is InChI=1S/C7H9N3O5/c11-6(12)4-14-10-7(13)8-3-5-1-2-9-15-5/h1-2H,3-4H2,(H,11,12)(H2,8,10,13). The quantitative estimate of drug-likeness (QED) is 0.570. The van der Waals surface area contributed by atoms with Gasteiger partial charge in [-0.05, 0) is 0 Å². The molecule has 1 rings (SSSR count). The lowest BCUT2D eigenvalue weighted by Crippen LogP contribution is -2.36. The zero-order chi connectivity index (χ0) is 11.1. The van der Waals surface area contributed by atoms with E-state index in [-0.39, 0.29) is 6.54 Å². The number of hydrogen-bond donors (Lipinski definition) is 3. The fourth-order valence-corrected chi connectivity index (χ4v) is 0.700. The first kappa shape index (κ1) is 11.0. The highest BCUT2D eigenvalue weighted by atomic mass is 16.7. The number of nitrogens with zero attached hydrogens (tertiary/aromatic N) is 1. The molecule has 15 heavy (non-hydrogen) atoms. The molecule has 0 aliphatic rings. The van der Waals surface area contributed by atoms with Crippen molar-refractivity contribution < 1.29 is 24.1 Å². The van der Waals surface area contributed by atoms with E-state index in [9.17, 15) is 9.59 Å². The molecule has 0 aromatic carbocycles. The normalized spacial score (nSPS) is 9.60. The Morgan fingerprint density at radius 1 is 1.60 bits per heavy atom. The Balaban J connectivity index is 2.11. The number of carbonyl (C=O) groups is 2. The number of aromatic nitrogens is 1. The molecule has 3 N–H and O–H groups in total. The lowest BCUT2D eigenvalue weighted by molar-refractivity contribution is -0.144. The van der Waals surface area contributed by atoms with Crippen molar-refractivity contribution in [2.75, 3.05) is 6.61 Å². The van der Waals surface area contributed by atoms with Crippen LogP contribution in [0.2, 0.25) is 0 Å². The minimum atomic E-state index is -1.18. The number of aliphatic carboxylic acids is 1. The summed E-state index contributed by atoms with van der Waals surface area (Å²) in [5.41, 5.74) is 1.88. The molecule has 0 unspecified atom stereocenters. The predicted molar refractivity (Wildman–Crippen MR) is 45.5 cm³/mol. The van der Waals surface area contributed by atoms with Crippen molar-refractivity contribution in [1.29, 1.82) is 0 Å². The van der Waals surface area contributed by atoms with Crippen LogP contribution < -0.4 is 10.8 Å². The van der Waals surface area contributed by atoms with E-state index in [4.69, 9.17) is 9.63 Å². The minimum absolute atomic E-state index is 0.141. The molecule has 1 aromatic rings. The molecule has 0 radical (unpaired) electrons. The van der Waals surface area contributed by atoms with Crippen LogP contribution in [0, 0.1) is 0 Å². The Labute approximate surface area is 84.1 Å². The summed E-state index contributed by atoms with van der Waals surface area (Å²) in [7, 11) is 0. The topological polar surface area (TPSA) is 114 Å². The summed E-state index contributed by atoms with van der Waals surface area (Å²) in [5.74, 6) is -0.700. The highest BCUT2D eigenvalue weighted by molar-refractivity contribution is 5.73. The van der Waals surface area contributed by atoms with Gasteiger partial charge in [0.15, 0.2) is 12.4 Å². The Bertz CT molecular complexity index is 323. The molecule has 8 heteroatoms. The van der Waals surface area contributed by atoms with Crippen molar-refractivity contribution in [2.45, 2.75) is 6.54 Å². The maximum Gasteiger partial charge on any atom is 0.339 e. The molecule has 0 aliphatic carbocycles. The molecule has 0 bridgehead atoms. The number of hydrogen-bond acceptors (Lipinski definition) is 5. The molecule has 0 saturated heterocycles. The van der Waals surface area contributed by atoms with Crippen molar-refractivity contribution >= 4 is 12.0 Å². The zero-order valence-electron chi connectivity index (χ0n) is 7.60. The van der Waals surface area contributed by atoms with Gasteiger partial charge in [-0.1, -0.05) is 5.16 Å². The Hall–Kier alpha value is -2.09. The number of carbonyl (C=O) groups excluding carboxylic acids is 1. The van der Waals surface area contributed by atoms with Crippen LogP contribution in [0.1, 0.15) is 5.76 Å². The second-order valence-corrected chi connectivity index (χ2v) is 2.45. The van der Waals surface area contributed by atoms with E-state index in [1.165, 1.54) is 6.20 Å². The van der Waals surface area contributed by atoms with Crippen LogP contribution in [0.25, 0.3) is 0 Å². The van der Waals surface area contributed by atoms with Gasteiger partial charge in [0.05, 0.1) is 12.7 Å². The molecule has 8 nitrogen and oxygen atoms in total. The third-order valence-electron chi connectivity index (χ3n) is 1.27. The van der Waals surface area contributed by atoms with Crippen LogP contribution >= 0.6 is 0 Å². The van der Waals surface area contributed by atoms with Gasteiger partial charge < -0.3 is 14.9 Å². The first-order valence-corrected chi connectivity index (χ1v) is 3.95. The number of carboxylic acids is 1. The van der Waals surface area contributed by atoms with E-state index < -0.39 is 18.6 Å². The lowest BCUT2D eigenvalue weighted by atomic mass is 10.5. The largest absolute Gasteiger partial charge is 0.479 e. The Morgan fingerprint density at radius 3 is 3.00 bits per heavy atom. The summed E-state index contributed by atoms with van der Waals surface area (Å²) < 4.78 is 4.70. The summed E-state index contributed by atoms with van der Waals surface area (Å²) >= 11 is 0. The van der Waals surface area contributed by atoms with E-state index in [0.717, 1.165) is 0 Å².